The molecule has 1 aliphatic heterocycles. The van der Waals surface area contributed by atoms with Crippen molar-refractivity contribution in [3.05, 3.63) is 23.8 Å². The molecule has 0 amide bonds. The summed E-state index contributed by atoms with van der Waals surface area (Å²) in [6.07, 6.45) is 0. The second-order valence-corrected chi connectivity index (χ2v) is 3.94. The Balaban J connectivity index is 2.32. The van der Waals surface area contributed by atoms with Crippen LogP contribution in [-0.2, 0) is 0 Å². The summed E-state index contributed by atoms with van der Waals surface area (Å²) < 4.78 is 11.1. The zero-order chi connectivity index (χ0) is 10.8. The maximum Gasteiger partial charge on any atom is 0.161 e. The molecule has 0 N–H and O–H groups in total. The molecule has 1 aliphatic rings. The molecule has 0 bridgehead atoms. The van der Waals surface area contributed by atoms with E-state index in [0.717, 1.165) is 5.75 Å². The highest BCUT2D eigenvalue weighted by Gasteiger charge is 2.15. The van der Waals surface area contributed by atoms with Crippen LogP contribution < -0.4 is 9.47 Å². The highest BCUT2D eigenvalue weighted by Crippen LogP contribution is 2.31. The maximum absolute atomic E-state index is 11.2. The van der Waals surface area contributed by atoms with E-state index in [-0.39, 0.29) is 5.78 Å². The minimum Gasteiger partial charge on any atom is -0.489 e. The van der Waals surface area contributed by atoms with E-state index in [9.17, 15) is 4.79 Å². The number of ether oxygens (including phenoxy) is 2. The Hall–Kier alpha value is -1.51. The summed E-state index contributed by atoms with van der Waals surface area (Å²) in [7, 11) is 0. The smallest absolute Gasteiger partial charge is 0.161 e. The third kappa shape index (κ3) is 2.12. The molecule has 80 valence electrons. The molecular formula is C12H14O3. The second-order valence-electron chi connectivity index (χ2n) is 3.94. The van der Waals surface area contributed by atoms with Crippen LogP contribution in [0.1, 0.15) is 24.2 Å². The topological polar surface area (TPSA) is 35.5 Å². The van der Waals surface area contributed by atoms with E-state index >= 15 is 0 Å². The van der Waals surface area contributed by atoms with Gasteiger partial charge in [-0.1, -0.05) is 6.92 Å². The quantitative estimate of drug-likeness (QED) is 0.661. The Kier molecular flexibility index (Phi) is 2.62. The van der Waals surface area contributed by atoms with Crippen LogP contribution in [0.25, 0.3) is 0 Å². The first kappa shape index (κ1) is 10.0. The van der Waals surface area contributed by atoms with E-state index in [1.807, 2.05) is 0 Å². The first-order valence-electron chi connectivity index (χ1n) is 5.07. The fourth-order valence-electron chi connectivity index (χ4n) is 1.47. The van der Waals surface area contributed by atoms with Gasteiger partial charge in [-0.2, -0.15) is 0 Å². The fraction of sp³-hybridized carbons (Fsp3) is 0.417. The van der Waals surface area contributed by atoms with Crippen LogP contribution in [0.4, 0.5) is 0 Å². The fourth-order valence-corrected chi connectivity index (χ4v) is 1.47. The average Bonchev–Trinajstić information content (AvgIpc) is 2.40. The van der Waals surface area contributed by atoms with Crippen LogP contribution in [0, 0.1) is 5.92 Å². The zero-order valence-corrected chi connectivity index (χ0v) is 8.95. The second kappa shape index (κ2) is 3.93. The third-order valence-electron chi connectivity index (χ3n) is 2.40. The molecule has 0 radical (unpaired) electrons. The summed E-state index contributed by atoms with van der Waals surface area (Å²) in [4.78, 5) is 11.2. The molecule has 15 heavy (non-hydrogen) atoms. The third-order valence-corrected chi connectivity index (χ3v) is 2.40. The molecule has 1 unspecified atom stereocenters. The molecule has 1 heterocycles. The van der Waals surface area contributed by atoms with E-state index in [0.29, 0.717) is 30.4 Å². The summed E-state index contributed by atoms with van der Waals surface area (Å²) in [5.74, 6) is 1.81. The Morgan fingerprint density at radius 2 is 1.93 bits per heavy atom. The van der Waals surface area contributed by atoms with Crippen LogP contribution in [0.15, 0.2) is 18.2 Å². The molecule has 3 nitrogen and oxygen atoms in total. The van der Waals surface area contributed by atoms with Crippen molar-refractivity contribution in [1.29, 1.82) is 0 Å². The molecule has 3 heteroatoms. The van der Waals surface area contributed by atoms with Crippen molar-refractivity contribution in [2.75, 3.05) is 13.2 Å². The summed E-state index contributed by atoms with van der Waals surface area (Å²) in [6.45, 7) is 4.90. The monoisotopic (exact) mass is 206 g/mol. The number of hydrogen-bond donors (Lipinski definition) is 0. The SMILES string of the molecule is CC(=O)c1ccc2c(c1)OCC(C)CO2. The Morgan fingerprint density at radius 3 is 2.60 bits per heavy atom. The van der Waals surface area contributed by atoms with E-state index in [2.05, 4.69) is 6.92 Å². The number of fused-ring (bicyclic) bond motifs is 1. The van der Waals surface area contributed by atoms with Gasteiger partial charge in [0.15, 0.2) is 17.3 Å². The molecule has 0 spiro atoms. The predicted molar refractivity (Wildman–Crippen MR) is 56.6 cm³/mol. The maximum atomic E-state index is 11.2. The van der Waals surface area contributed by atoms with Crippen molar-refractivity contribution < 1.29 is 14.3 Å². The predicted octanol–water partition coefficient (Wildman–Crippen LogP) is 2.30. The molecule has 0 aromatic heterocycles. The van der Waals surface area contributed by atoms with Gasteiger partial charge in [0.25, 0.3) is 0 Å². The summed E-state index contributed by atoms with van der Waals surface area (Å²) in [5.41, 5.74) is 0.659. The number of carbonyl (C=O) groups is 1. The number of rotatable bonds is 1. The zero-order valence-electron chi connectivity index (χ0n) is 8.95. The highest BCUT2D eigenvalue weighted by molar-refractivity contribution is 5.94. The summed E-state index contributed by atoms with van der Waals surface area (Å²) in [5, 5.41) is 0. The van der Waals surface area contributed by atoms with Gasteiger partial charge in [0.2, 0.25) is 0 Å². The van der Waals surface area contributed by atoms with Gasteiger partial charge < -0.3 is 9.47 Å². The lowest BCUT2D eigenvalue weighted by atomic mass is 10.1. The first-order chi connectivity index (χ1) is 7.16. The van der Waals surface area contributed by atoms with E-state index in [4.69, 9.17) is 9.47 Å². The van der Waals surface area contributed by atoms with E-state index in [1.54, 1.807) is 25.1 Å². The van der Waals surface area contributed by atoms with Crippen LogP contribution in [0.2, 0.25) is 0 Å². The minimum atomic E-state index is 0.0405. The lowest BCUT2D eigenvalue weighted by molar-refractivity contribution is 0.101. The molecule has 0 fully saturated rings. The van der Waals surface area contributed by atoms with E-state index in [1.165, 1.54) is 0 Å². The van der Waals surface area contributed by atoms with Crippen molar-refractivity contribution >= 4 is 5.78 Å². The summed E-state index contributed by atoms with van der Waals surface area (Å²) >= 11 is 0. The number of ketones is 1. The number of benzene rings is 1. The van der Waals surface area contributed by atoms with Crippen molar-refractivity contribution in [1.82, 2.24) is 0 Å². The number of hydrogen-bond acceptors (Lipinski definition) is 3. The van der Waals surface area contributed by atoms with Gasteiger partial charge in [0.05, 0.1) is 13.2 Å². The standard InChI is InChI=1S/C12H14O3/c1-8-6-14-11-4-3-10(9(2)13)5-12(11)15-7-8/h3-5,8H,6-7H2,1-2H3. The van der Waals surface area contributed by atoms with Gasteiger partial charge >= 0.3 is 0 Å². The van der Waals surface area contributed by atoms with Gasteiger partial charge in [-0.25, -0.2) is 0 Å². The largest absolute Gasteiger partial charge is 0.489 e. The van der Waals surface area contributed by atoms with Crippen molar-refractivity contribution in [3.63, 3.8) is 0 Å². The lowest BCUT2D eigenvalue weighted by Gasteiger charge is -2.07. The van der Waals surface area contributed by atoms with Crippen molar-refractivity contribution in [3.8, 4) is 11.5 Å². The molecule has 1 atom stereocenters. The van der Waals surface area contributed by atoms with Crippen LogP contribution in [-0.4, -0.2) is 19.0 Å². The van der Waals surface area contributed by atoms with Crippen molar-refractivity contribution in [2.24, 2.45) is 5.92 Å². The van der Waals surface area contributed by atoms with Gasteiger partial charge in [0, 0.05) is 11.5 Å². The van der Waals surface area contributed by atoms with Gasteiger partial charge in [-0.3, -0.25) is 4.79 Å². The van der Waals surface area contributed by atoms with Gasteiger partial charge in [0.1, 0.15) is 0 Å². The molecule has 0 saturated carbocycles. The minimum absolute atomic E-state index is 0.0405. The Labute approximate surface area is 89.0 Å². The average molecular weight is 206 g/mol. The highest BCUT2D eigenvalue weighted by atomic mass is 16.5. The number of Topliss-reactive ketones (excluding diaryl/α,β-unsaturated/α-hetero) is 1. The van der Waals surface area contributed by atoms with E-state index < -0.39 is 0 Å². The van der Waals surface area contributed by atoms with Gasteiger partial charge in [-0.15, -0.1) is 0 Å². The van der Waals surface area contributed by atoms with Crippen LogP contribution >= 0.6 is 0 Å². The van der Waals surface area contributed by atoms with Gasteiger partial charge in [-0.05, 0) is 25.1 Å². The summed E-state index contributed by atoms with van der Waals surface area (Å²) in [6, 6.07) is 5.31. The molecule has 2 rings (SSSR count). The number of carbonyl (C=O) groups excluding carboxylic acids is 1. The normalized spacial score (nSPS) is 19.5. The molecule has 1 aromatic carbocycles. The molecule has 0 aliphatic carbocycles. The molecule has 1 aromatic rings. The van der Waals surface area contributed by atoms with Crippen LogP contribution in [0.3, 0.4) is 0 Å². The Morgan fingerprint density at radius 1 is 1.27 bits per heavy atom. The molecule has 0 saturated heterocycles. The van der Waals surface area contributed by atoms with Crippen molar-refractivity contribution in [2.45, 2.75) is 13.8 Å². The van der Waals surface area contributed by atoms with Crippen LogP contribution in [0.5, 0.6) is 11.5 Å². The lowest BCUT2D eigenvalue weighted by Crippen LogP contribution is -2.12. The first-order valence-corrected chi connectivity index (χ1v) is 5.07. The molecular weight excluding hydrogens is 192 g/mol. The Bertz CT molecular complexity index is 384.